The maximum atomic E-state index is 5.01. The van der Waals surface area contributed by atoms with Gasteiger partial charge in [-0.15, -0.1) is 0 Å². The molecule has 0 amide bonds. The molecule has 74 valence electrons. The Morgan fingerprint density at radius 3 is 2.62 bits per heavy atom. The third kappa shape index (κ3) is 7.32. The van der Waals surface area contributed by atoms with Gasteiger partial charge in [0, 0.05) is 6.42 Å². The van der Waals surface area contributed by atoms with E-state index >= 15 is 0 Å². The summed E-state index contributed by atoms with van der Waals surface area (Å²) in [5.41, 5.74) is 2.38. The van der Waals surface area contributed by atoms with E-state index in [0.29, 0.717) is 6.61 Å². The highest BCUT2D eigenvalue weighted by Crippen LogP contribution is 1.99. The molecule has 0 aromatic carbocycles. The van der Waals surface area contributed by atoms with Gasteiger partial charge < -0.3 is 4.84 Å². The number of oxime groups is 1. The summed E-state index contributed by atoms with van der Waals surface area (Å²) in [6, 6.07) is 0. The molecule has 0 bridgehead atoms. The van der Waals surface area contributed by atoms with Crippen LogP contribution in [0.3, 0.4) is 0 Å². The number of rotatable bonds is 6. The highest BCUT2D eigenvalue weighted by atomic mass is 16.6. The summed E-state index contributed by atoms with van der Waals surface area (Å²) in [4.78, 5) is 5.01. The lowest BCUT2D eigenvalue weighted by Gasteiger charge is -2.00. The van der Waals surface area contributed by atoms with Gasteiger partial charge in [-0.2, -0.15) is 0 Å². The molecular formula is C11H19NO. The Morgan fingerprint density at radius 1 is 1.46 bits per heavy atom. The van der Waals surface area contributed by atoms with Gasteiger partial charge in [-0.3, -0.25) is 0 Å². The second-order valence-corrected chi connectivity index (χ2v) is 3.08. The highest BCUT2D eigenvalue weighted by Gasteiger charge is 1.93. The molecule has 2 heteroatoms. The number of hydrogen-bond donors (Lipinski definition) is 0. The van der Waals surface area contributed by atoms with E-state index < -0.39 is 0 Å². The third-order valence-corrected chi connectivity index (χ3v) is 1.54. The van der Waals surface area contributed by atoms with Crippen LogP contribution in [0.25, 0.3) is 0 Å². The second-order valence-electron chi connectivity index (χ2n) is 3.08. The van der Waals surface area contributed by atoms with Gasteiger partial charge in [0.15, 0.2) is 0 Å². The Kier molecular flexibility index (Phi) is 6.98. The first kappa shape index (κ1) is 11.9. The van der Waals surface area contributed by atoms with Crippen LogP contribution in [0.2, 0.25) is 0 Å². The van der Waals surface area contributed by atoms with Gasteiger partial charge in [0.25, 0.3) is 0 Å². The predicted octanol–water partition coefficient (Wildman–Crippen LogP) is 3.31. The number of hydrogen-bond acceptors (Lipinski definition) is 2. The van der Waals surface area contributed by atoms with Crippen molar-refractivity contribution >= 4 is 5.71 Å². The van der Waals surface area contributed by atoms with Crippen LogP contribution >= 0.6 is 0 Å². The van der Waals surface area contributed by atoms with Crippen molar-refractivity contribution < 1.29 is 4.84 Å². The van der Waals surface area contributed by atoms with Crippen LogP contribution in [0.4, 0.5) is 0 Å². The molecule has 0 aliphatic carbocycles. The molecule has 0 atom stereocenters. The van der Waals surface area contributed by atoms with E-state index in [9.17, 15) is 0 Å². The summed E-state index contributed by atoms with van der Waals surface area (Å²) in [5, 5.41) is 4.00. The molecule has 0 aliphatic heterocycles. The van der Waals surface area contributed by atoms with Gasteiger partial charge in [0.05, 0.1) is 5.71 Å². The smallest absolute Gasteiger partial charge is 0.135 e. The predicted molar refractivity (Wildman–Crippen MR) is 57.9 cm³/mol. The van der Waals surface area contributed by atoms with Crippen LogP contribution in [0.1, 0.15) is 33.6 Å². The molecule has 13 heavy (non-hydrogen) atoms. The molecule has 0 radical (unpaired) electrons. The lowest BCUT2D eigenvalue weighted by Crippen LogP contribution is -1.96. The van der Waals surface area contributed by atoms with Crippen LogP contribution in [-0.4, -0.2) is 12.3 Å². The summed E-state index contributed by atoms with van der Waals surface area (Å²) in [6.45, 7) is 10.3. The minimum atomic E-state index is 0.484. The van der Waals surface area contributed by atoms with E-state index in [1.807, 2.05) is 0 Å². The van der Waals surface area contributed by atoms with Crippen molar-refractivity contribution in [2.45, 2.75) is 33.6 Å². The fraction of sp³-hybridized carbons (Fsp3) is 0.545. The summed E-state index contributed by atoms with van der Waals surface area (Å²) in [6.07, 6.45) is 5.66. The zero-order chi connectivity index (χ0) is 10.1. The molecule has 0 aromatic heterocycles. The molecule has 0 spiro atoms. The quantitative estimate of drug-likeness (QED) is 0.266. The Bertz CT molecular complexity index is 200. The van der Waals surface area contributed by atoms with E-state index in [1.54, 1.807) is 6.08 Å². The van der Waals surface area contributed by atoms with E-state index in [2.05, 4.69) is 38.6 Å². The lowest BCUT2D eigenvalue weighted by molar-refractivity contribution is 0.173. The van der Waals surface area contributed by atoms with E-state index in [4.69, 9.17) is 4.84 Å². The first-order valence-corrected chi connectivity index (χ1v) is 4.62. The van der Waals surface area contributed by atoms with Crippen molar-refractivity contribution in [2.75, 3.05) is 6.61 Å². The van der Waals surface area contributed by atoms with E-state index in [-0.39, 0.29) is 0 Å². The Balaban J connectivity index is 3.93. The molecule has 2 nitrogen and oxygen atoms in total. The van der Waals surface area contributed by atoms with Crippen molar-refractivity contribution in [1.82, 2.24) is 0 Å². The first-order chi connectivity index (χ1) is 6.20. The van der Waals surface area contributed by atoms with E-state index in [1.165, 1.54) is 5.57 Å². The summed E-state index contributed by atoms with van der Waals surface area (Å²) in [5.74, 6) is 0. The average Bonchev–Trinajstić information content (AvgIpc) is 2.10. The third-order valence-electron chi connectivity index (χ3n) is 1.54. The average molecular weight is 181 g/mol. The van der Waals surface area contributed by atoms with Gasteiger partial charge in [-0.1, -0.05) is 36.4 Å². The van der Waals surface area contributed by atoms with Gasteiger partial charge >= 0.3 is 0 Å². The Hall–Kier alpha value is -1.05. The first-order valence-electron chi connectivity index (χ1n) is 4.62. The fourth-order valence-electron chi connectivity index (χ4n) is 0.749. The molecule has 0 aromatic rings. The monoisotopic (exact) mass is 181 g/mol. The van der Waals surface area contributed by atoms with Crippen molar-refractivity contribution in [3.8, 4) is 0 Å². The molecular weight excluding hydrogens is 162 g/mol. The van der Waals surface area contributed by atoms with Gasteiger partial charge in [0.1, 0.15) is 6.61 Å². The van der Waals surface area contributed by atoms with Crippen molar-refractivity contribution in [2.24, 2.45) is 5.16 Å². The zero-order valence-corrected chi connectivity index (χ0v) is 8.84. The Labute approximate surface area is 81.0 Å². The van der Waals surface area contributed by atoms with Crippen LogP contribution < -0.4 is 0 Å². The normalized spacial score (nSPS) is 10.8. The van der Waals surface area contributed by atoms with Crippen molar-refractivity contribution in [3.63, 3.8) is 0 Å². The topological polar surface area (TPSA) is 21.6 Å². The molecule has 0 fully saturated rings. The zero-order valence-electron chi connectivity index (χ0n) is 8.84. The van der Waals surface area contributed by atoms with E-state index in [0.717, 1.165) is 18.6 Å². The lowest BCUT2D eigenvalue weighted by atomic mass is 10.2. The van der Waals surface area contributed by atoms with Crippen molar-refractivity contribution in [1.29, 1.82) is 0 Å². The molecule has 0 rings (SSSR count). The van der Waals surface area contributed by atoms with Gasteiger partial charge in [-0.05, 0) is 20.3 Å². The SMILES string of the molecule is C=CCO/N=C(\CC)CC=C(C)C. The van der Waals surface area contributed by atoms with Gasteiger partial charge in [-0.25, -0.2) is 0 Å². The van der Waals surface area contributed by atoms with Crippen LogP contribution in [0, 0.1) is 0 Å². The molecule has 0 aliphatic rings. The summed E-state index contributed by atoms with van der Waals surface area (Å²) < 4.78 is 0. The van der Waals surface area contributed by atoms with Crippen LogP contribution in [0.15, 0.2) is 29.5 Å². The standard InChI is InChI=1S/C11H19NO/c1-5-9-13-12-11(6-2)8-7-10(3)4/h5,7H,1,6,8-9H2,2-4H3/b12-11+. The van der Waals surface area contributed by atoms with Crippen molar-refractivity contribution in [3.05, 3.63) is 24.3 Å². The largest absolute Gasteiger partial charge is 0.392 e. The maximum absolute atomic E-state index is 5.01. The van der Waals surface area contributed by atoms with Crippen LogP contribution in [-0.2, 0) is 4.84 Å². The maximum Gasteiger partial charge on any atom is 0.135 e. The highest BCUT2D eigenvalue weighted by molar-refractivity contribution is 5.85. The molecule has 0 unspecified atom stereocenters. The molecule has 0 N–H and O–H groups in total. The number of nitrogens with zero attached hydrogens (tertiary/aromatic N) is 1. The second kappa shape index (κ2) is 7.59. The van der Waals surface area contributed by atoms with Gasteiger partial charge in [0.2, 0.25) is 0 Å². The number of allylic oxidation sites excluding steroid dienone is 2. The molecule has 0 saturated heterocycles. The molecule has 0 heterocycles. The summed E-state index contributed by atoms with van der Waals surface area (Å²) in [7, 11) is 0. The Morgan fingerprint density at radius 2 is 2.15 bits per heavy atom. The summed E-state index contributed by atoms with van der Waals surface area (Å²) >= 11 is 0. The molecule has 0 saturated carbocycles. The minimum Gasteiger partial charge on any atom is -0.392 e. The van der Waals surface area contributed by atoms with Crippen LogP contribution in [0.5, 0.6) is 0 Å². The minimum absolute atomic E-state index is 0.484. The fourth-order valence-corrected chi connectivity index (χ4v) is 0.749.